The molecule has 0 aliphatic carbocycles. The van der Waals surface area contributed by atoms with Crippen molar-refractivity contribution in [1.82, 2.24) is 14.2 Å². The molecule has 7 nitrogen and oxygen atoms in total. The summed E-state index contributed by atoms with van der Waals surface area (Å²) in [4.78, 5) is 18.7. The van der Waals surface area contributed by atoms with Gasteiger partial charge in [0.05, 0.1) is 17.5 Å². The molecule has 2 aromatic rings. The summed E-state index contributed by atoms with van der Waals surface area (Å²) in [6.45, 7) is 1.44. The number of carbonyl (C=O) groups excluding carboxylic acids is 1. The summed E-state index contributed by atoms with van der Waals surface area (Å²) < 4.78 is 30.5. The minimum Gasteiger partial charge on any atom is -0.487 e. The van der Waals surface area contributed by atoms with Crippen LogP contribution >= 0.6 is 11.3 Å². The maximum atomic E-state index is 12.8. The number of hydrogen-bond acceptors (Lipinski definition) is 6. The number of likely N-dealkylation sites (tertiary alicyclic amines) is 1. The molecule has 0 radical (unpaired) electrons. The van der Waals surface area contributed by atoms with E-state index in [1.165, 1.54) is 21.9 Å². The Morgan fingerprint density at radius 1 is 1.37 bits per heavy atom. The molecule has 1 aliphatic rings. The molecule has 9 heteroatoms. The lowest BCUT2D eigenvalue weighted by Gasteiger charge is -2.35. The molecule has 3 rings (SSSR count). The molecular weight excluding hydrogens is 386 g/mol. The highest BCUT2D eigenvalue weighted by atomic mass is 32.2. The molecule has 146 valence electrons. The number of carbonyl (C=O) groups is 1. The van der Waals surface area contributed by atoms with E-state index in [1.54, 1.807) is 35.7 Å². The molecule has 0 unspecified atom stereocenters. The lowest BCUT2D eigenvalue weighted by atomic mass is 10.0. The van der Waals surface area contributed by atoms with Crippen LogP contribution < -0.4 is 4.74 Å². The lowest BCUT2D eigenvalue weighted by molar-refractivity contribution is 0.0686. The van der Waals surface area contributed by atoms with E-state index in [2.05, 4.69) is 4.98 Å². The van der Waals surface area contributed by atoms with E-state index in [4.69, 9.17) is 4.74 Å². The molecule has 0 saturated carbocycles. The molecule has 2 heterocycles. The van der Waals surface area contributed by atoms with Crippen LogP contribution in [0.15, 0.2) is 35.2 Å². The van der Waals surface area contributed by atoms with Crippen LogP contribution in [0.25, 0.3) is 0 Å². The fourth-order valence-corrected chi connectivity index (χ4v) is 4.37. The van der Waals surface area contributed by atoms with E-state index in [9.17, 15) is 13.2 Å². The highest BCUT2D eigenvalue weighted by Gasteiger charge is 2.29. The van der Waals surface area contributed by atoms with Crippen LogP contribution in [-0.4, -0.2) is 60.9 Å². The first-order valence-corrected chi connectivity index (χ1v) is 11.5. The van der Waals surface area contributed by atoms with Crippen molar-refractivity contribution in [3.63, 3.8) is 0 Å². The first-order chi connectivity index (χ1) is 12.8. The quantitative estimate of drug-likeness (QED) is 0.731. The van der Waals surface area contributed by atoms with Gasteiger partial charge in [-0.15, -0.1) is 11.3 Å². The summed E-state index contributed by atoms with van der Waals surface area (Å²) in [6, 6.07) is 7.07. The van der Waals surface area contributed by atoms with E-state index >= 15 is 0 Å². The maximum Gasteiger partial charge on any atom is 0.253 e. The Hall–Kier alpha value is -1.97. The predicted octanol–water partition coefficient (Wildman–Crippen LogP) is 2.22. The third-order valence-electron chi connectivity index (χ3n) is 4.74. The van der Waals surface area contributed by atoms with Crippen molar-refractivity contribution in [3.8, 4) is 5.75 Å². The Balaban J connectivity index is 1.59. The van der Waals surface area contributed by atoms with Gasteiger partial charge in [-0.1, -0.05) is 6.07 Å². The molecule has 27 heavy (non-hydrogen) atoms. The van der Waals surface area contributed by atoms with Crippen LogP contribution in [0.5, 0.6) is 5.75 Å². The van der Waals surface area contributed by atoms with Crippen molar-refractivity contribution in [1.29, 1.82) is 0 Å². The van der Waals surface area contributed by atoms with Gasteiger partial charge in [-0.25, -0.2) is 17.7 Å². The number of sulfonamides is 1. The predicted molar refractivity (Wildman–Crippen MR) is 104 cm³/mol. The van der Waals surface area contributed by atoms with Crippen molar-refractivity contribution in [3.05, 3.63) is 46.4 Å². The zero-order valence-corrected chi connectivity index (χ0v) is 17.0. The summed E-state index contributed by atoms with van der Waals surface area (Å²) in [5, 5.41) is 1.92. The molecule has 0 bridgehead atoms. The van der Waals surface area contributed by atoms with Gasteiger partial charge < -0.3 is 9.64 Å². The first-order valence-electron chi connectivity index (χ1n) is 8.67. The van der Waals surface area contributed by atoms with Gasteiger partial charge in [0, 0.05) is 37.1 Å². The highest BCUT2D eigenvalue weighted by Crippen LogP contribution is 2.21. The first kappa shape index (κ1) is 19.8. The fraction of sp³-hybridized carbons (Fsp3) is 0.444. The summed E-state index contributed by atoms with van der Waals surface area (Å²) in [5.74, 6) is 0.565. The molecule has 0 N–H and O–H groups in total. The van der Waals surface area contributed by atoms with Crippen molar-refractivity contribution in [2.45, 2.75) is 25.5 Å². The van der Waals surface area contributed by atoms with Crippen LogP contribution in [0.2, 0.25) is 0 Å². The highest BCUT2D eigenvalue weighted by molar-refractivity contribution is 7.88. The van der Waals surface area contributed by atoms with Crippen molar-refractivity contribution >= 4 is 27.3 Å². The topological polar surface area (TPSA) is 79.8 Å². The smallest absolute Gasteiger partial charge is 0.253 e. The van der Waals surface area contributed by atoms with Gasteiger partial charge in [0.1, 0.15) is 12.4 Å². The number of aromatic nitrogens is 1. The number of amides is 1. The van der Waals surface area contributed by atoms with Crippen LogP contribution in [0.1, 0.15) is 28.9 Å². The number of ether oxygens (including phenoxy) is 1. The Kier molecular flexibility index (Phi) is 6.13. The number of rotatable bonds is 6. The molecule has 1 saturated heterocycles. The van der Waals surface area contributed by atoms with Crippen LogP contribution in [0, 0.1) is 0 Å². The van der Waals surface area contributed by atoms with Crippen LogP contribution in [-0.2, 0) is 16.6 Å². The number of thiazole rings is 1. The van der Waals surface area contributed by atoms with Crippen LogP contribution in [0.3, 0.4) is 0 Å². The van der Waals surface area contributed by atoms with Gasteiger partial charge in [-0.05, 0) is 31.0 Å². The second-order valence-corrected chi connectivity index (χ2v) is 9.36. The summed E-state index contributed by atoms with van der Waals surface area (Å²) >= 11 is 1.51. The van der Waals surface area contributed by atoms with Crippen molar-refractivity contribution in [2.24, 2.45) is 0 Å². The molecule has 1 amide bonds. The van der Waals surface area contributed by atoms with Crippen molar-refractivity contribution < 1.29 is 17.9 Å². The normalized spacial score (nSPS) is 15.9. The maximum absolute atomic E-state index is 12.8. The third-order valence-corrected chi connectivity index (χ3v) is 6.72. The largest absolute Gasteiger partial charge is 0.487 e. The Labute approximate surface area is 163 Å². The Bertz CT molecular complexity index is 876. The minimum absolute atomic E-state index is 0.0585. The number of benzene rings is 1. The zero-order chi connectivity index (χ0) is 19.4. The molecule has 1 aromatic carbocycles. The molecule has 0 atom stereocenters. The van der Waals surface area contributed by atoms with Gasteiger partial charge >= 0.3 is 0 Å². The van der Waals surface area contributed by atoms with Gasteiger partial charge in [-0.2, -0.15) is 0 Å². The second-order valence-electron chi connectivity index (χ2n) is 6.60. The molecule has 0 spiro atoms. The summed E-state index contributed by atoms with van der Waals surface area (Å²) in [5.41, 5.74) is 3.18. The third kappa shape index (κ3) is 5.06. The van der Waals surface area contributed by atoms with E-state index in [-0.39, 0.29) is 11.9 Å². The van der Waals surface area contributed by atoms with Gasteiger partial charge in [0.2, 0.25) is 10.0 Å². The average molecular weight is 410 g/mol. The summed E-state index contributed by atoms with van der Waals surface area (Å²) in [7, 11) is -1.62. The van der Waals surface area contributed by atoms with Crippen LogP contribution in [0.4, 0.5) is 0 Å². The molecular formula is C18H23N3O4S2. The van der Waals surface area contributed by atoms with E-state index in [0.29, 0.717) is 43.9 Å². The standard InChI is InChI=1S/C18H23N3O4S2/c1-20(27(2,23)24)16-6-8-21(9-7-16)18(22)14-4-3-5-17(10-14)25-11-15-12-26-13-19-15/h3-5,10,12-13,16H,6-9,11H2,1-2H3. The Morgan fingerprint density at radius 3 is 2.74 bits per heavy atom. The SMILES string of the molecule is CN(C1CCN(C(=O)c2cccc(OCc3cscn3)c2)CC1)S(C)(=O)=O. The fourth-order valence-electron chi connectivity index (χ4n) is 3.07. The zero-order valence-electron chi connectivity index (χ0n) is 15.4. The van der Waals surface area contributed by atoms with Gasteiger partial charge in [-0.3, -0.25) is 4.79 Å². The molecule has 1 fully saturated rings. The van der Waals surface area contributed by atoms with E-state index in [1.807, 2.05) is 11.4 Å². The van der Waals surface area contributed by atoms with Gasteiger partial charge in [0.15, 0.2) is 0 Å². The monoisotopic (exact) mass is 409 g/mol. The number of nitrogens with zero attached hydrogens (tertiary/aromatic N) is 3. The average Bonchev–Trinajstić information content (AvgIpc) is 3.18. The Morgan fingerprint density at radius 2 is 2.11 bits per heavy atom. The van der Waals surface area contributed by atoms with E-state index in [0.717, 1.165) is 5.69 Å². The second kappa shape index (κ2) is 8.37. The molecule has 1 aliphatic heterocycles. The van der Waals surface area contributed by atoms with Crippen molar-refractivity contribution in [2.75, 3.05) is 26.4 Å². The molecule has 1 aromatic heterocycles. The van der Waals surface area contributed by atoms with Gasteiger partial charge in [0.25, 0.3) is 5.91 Å². The number of piperidine rings is 1. The summed E-state index contributed by atoms with van der Waals surface area (Å²) in [6.07, 6.45) is 2.48. The minimum atomic E-state index is -3.21. The lowest BCUT2D eigenvalue weighted by Crippen LogP contribution is -2.47. The number of hydrogen-bond donors (Lipinski definition) is 0. The van der Waals surface area contributed by atoms with E-state index < -0.39 is 10.0 Å².